The Kier molecular flexibility index (Phi) is 6.64. The van der Waals surface area contributed by atoms with Crippen molar-refractivity contribution in [2.75, 3.05) is 6.61 Å². The van der Waals surface area contributed by atoms with Crippen LogP contribution in [0.3, 0.4) is 0 Å². The Balaban J connectivity index is 1.82. The van der Waals surface area contributed by atoms with Gasteiger partial charge in [-0.2, -0.15) is 0 Å². The second-order valence-electron chi connectivity index (χ2n) is 11.4. The molecule has 0 aromatic rings. The first-order valence-electron chi connectivity index (χ1n) is 12.7. The van der Waals surface area contributed by atoms with Crippen LogP contribution in [0.4, 0.5) is 4.39 Å². The average Bonchev–Trinajstić information content (AvgIpc) is 3.03. The lowest BCUT2D eigenvalue weighted by Gasteiger charge is -2.64. The Morgan fingerprint density at radius 3 is 2.60 bits per heavy atom. The van der Waals surface area contributed by atoms with Crippen molar-refractivity contribution in [3.05, 3.63) is 23.6 Å². The van der Waals surface area contributed by atoms with Gasteiger partial charge in [0.25, 0.3) is 0 Å². The molecule has 8 heteroatoms. The van der Waals surface area contributed by atoms with E-state index in [1.807, 2.05) is 20.8 Å². The predicted octanol–water partition coefficient (Wildman–Crippen LogP) is 4.20. The number of aliphatic hydroxyl groups is 2. The van der Waals surface area contributed by atoms with Gasteiger partial charge in [0, 0.05) is 23.2 Å². The Morgan fingerprint density at radius 2 is 1.97 bits per heavy atom. The molecule has 0 aromatic heterocycles. The number of carbonyl (C=O) groups is 3. The highest BCUT2D eigenvalue weighted by atomic mass is 35.5. The number of halogens is 2. The first-order chi connectivity index (χ1) is 16.3. The number of hydrogen-bond acceptors (Lipinski definition) is 6. The molecular weight excluding hydrogens is 475 g/mol. The molecule has 194 valence electrons. The summed E-state index contributed by atoms with van der Waals surface area (Å²) in [6.07, 6.45) is 4.51. The zero-order valence-electron chi connectivity index (χ0n) is 20.9. The number of hydrogen-bond donors (Lipinski definition) is 2. The number of alkyl halides is 1. The minimum absolute atomic E-state index is 0.0427. The van der Waals surface area contributed by atoms with Crippen molar-refractivity contribution in [2.24, 2.45) is 28.6 Å². The van der Waals surface area contributed by atoms with E-state index in [0.29, 0.717) is 31.3 Å². The number of unbranched alkanes of at least 4 members (excludes halogenated alkanes) is 1. The van der Waals surface area contributed by atoms with E-state index in [0.717, 1.165) is 6.42 Å². The maximum Gasteiger partial charge on any atom is 0.306 e. The molecule has 0 unspecified atom stereocenters. The van der Waals surface area contributed by atoms with Gasteiger partial charge >= 0.3 is 5.97 Å². The fraction of sp³-hybridized carbons (Fsp3) is 0.741. The molecule has 0 spiro atoms. The van der Waals surface area contributed by atoms with Gasteiger partial charge in [0.15, 0.2) is 11.4 Å². The minimum Gasteiger partial charge on any atom is -0.450 e. The molecule has 3 fully saturated rings. The van der Waals surface area contributed by atoms with Crippen molar-refractivity contribution < 1.29 is 33.7 Å². The van der Waals surface area contributed by atoms with E-state index >= 15 is 0 Å². The molecule has 0 amide bonds. The van der Waals surface area contributed by atoms with Crippen LogP contribution < -0.4 is 0 Å². The van der Waals surface area contributed by atoms with Crippen LogP contribution >= 0.6 is 11.6 Å². The van der Waals surface area contributed by atoms with E-state index in [1.165, 1.54) is 6.08 Å². The molecule has 3 saturated carbocycles. The number of rotatable bonds is 6. The molecule has 6 nitrogen and oxygen atoms in total. The smallest absolute Gasteiger partial charge is 0.306 e. The molecule has 4 aliphatic carbocycles. The molecule has 8 atom stereocenters. The summed E-state index contributed by atoms with van der Waals surface area (Å²) in [6, 6.07) is 0. The van der Waals surface area contributed by atoms with Gasteiger partial charge < -0.3 is 14.9 Å². The summed E-state index contributed by atoms with van der Waals surface area (Å²) >= 11 is 7.36. The highest BCUT2D eigenvalue weighted by molar-refractivity contribution is 6.26. The summed E-state index contributed by atoms with van der Waals surface area (Å²) in [5.41, 5.74) is -3.32. The van der Waals surface area contributed by atoms with Crippen LogP contribution in [0.2, 0.25) is 0 Å². The molecule has 2 N–H and O–H groups in total. The van der Waals surface area contributed by atoms with E-state index in [9.17, 15) is 29.0 Å². The number of Topliss-reactive ketones (excluding diaryl/α,β-unsaturated/α-hetero) is 1. The van der Waals surface area contributed by atoms with Gasteiger partial charge in [-0.1, -0.05) is 40.2 Å². The lowest BCUT2D eigenvalue weighted by Crippen LogP contribution is -2.69. The van der Waals surface area contributed by atoms with Gasteiger partial charge in [-0.15, -0.1) is 11.6 Å². The van der Waals surface area contributed by atoms with Crippen molar-refractivity contribution in [1.82, 2.24) is 0 Å². The zero-order valence-corrected chi connectivity index (χ0v) is 21.7. The number of aliphatic hydroxyl groups excluding tert-OH is 2. The molecule has 0 radical (unpaired) electrons. The number of ketones is 2. The lowest BCUT2D eigenvalue weighted by molar-refractivity contribution is -0.203. The summed E-state index contributed by atoms with van der Waals surface area (Å²) < 4.78 is 21.0. The van der Waals surface area contributed by atoms with Crippen LogP contribution in [0.5, 0.6) is 0 Å². The summed E-state index contributed by atoms with van der Waals surface area (Å²) in [5, 5.41) is 21.6. The topological polar surface area (TPSA) is 101 Å². The summed E-state index contributed by atoms with van der Waals surface area (Å²) in [5.74, 6) is -3.50. The summed E-state index contributed by atoms with van der Waals surface area (Å²) in [7, 11) is 0. The molecule has 0 heterocycles. The normalized spacial score (nSPS) is 44.5. The van der Waals surface area contributed by atoms with E-state index in [4.69, 9.17) is 16.3 Å². The highest BCUT2D eigenvalue weighted by Gasteiger charge is 2.76. The molecule has 4 rings (SSSR count). The number of fused-ring (bicyclic) bond motifs is 5. The van der Waals surface area contributed by atoms with Gasteiger partial charge in [0.1, 0.15) is 6.61 Å². The van der Waals surface area contributed by atoms with E-state index in [-0.39, 0.29) is 24.7 Å². The fourth-order valence-corrected chi connectivity index (χ4v) is 8.66. The first-order valence-corrected chi connectivity index (χ1v) is 13.1. The van der Waals surface area contributed by atoms with Crippen LogP contribution in [0.15, 0.2) is 23.6 Å². The van der Waals surface area contributed by atoms with Crippen molar-refractivity contribution >= 4 is 29.1 Å². The quantitative estimate of drug-likeness (QED) is 0.410. The number of esters is 1. The third kappa shape index (κ3) is 3.30. The van der Waals surface area contributed by atoms with Crippen LogP contribution in [-0.4, -0.2) is 50.9 Å². The predicted molar refractivity (Wildman–Crippen MR) is 128 cm³/mol. The zero-order chi connectivity index (χ0) is 26.0. The Morgan fingerprint density at radius 1 is 1.29 bits per heavy atom. The minimum atomic E-state index is -1.59. The Hall–Kier alpha value is -1.57. The standard InChI is InChI=1S/C27H36ClFO6/c1-5-6-7-22(34)35-27(21(33)14-30)15(2)12-18-16-8-9-17-23(29)19(31)10-11-24(17,3)26(16,28)20(32)13-25(18,27)4/h10-11,15-16,18,20,30,32H,5-9,12-14H2,1-4H3/t15-,16-,18-,20-,24-,25-,26-,27-/m0/s1. The molecular formula is C27H36ClFO6. The van der Waals surface area contributed by atoms with Crippen LogP contribution in [0.25, 0.3) is 0 Å². The number of ether oxygens (including phenoxy) is 1. The van der Waals surface area contributed by atoms with Gasteiger partial charge in [-0.3, -0.25) is 14.4 Å². The van der Waals surface area contributed by atoms with E-state index in [1.54, 1.807) is 13.0 Å². The van der Waals surface area contributed by atoms with Crippen LogP contribution in [0, 0.1) is 28.6 Å². The van der Waals surface area contributed by atoms with Crippen LogP contribution in [-0.2, 0) is 19.1 Å². The van der Waals surface area contributed by atoms with Crippen molar-refractivity contribution in [1.29, 1.82) is 0 Å². The highest BCUT2D eigenvalue weighted by Crippen LogP contribution is 2.72. The molecule has 35 heavy (non-hydrogen) atoms. The van der Waals surface area contributed by atoms with Crippen molar-refractivity contribution in [3.63, 3.8) is 0 Å². The largest absolute Gasteiger partial charge is 0.450 e. The van der Waals surface area contributed by atoms with Gasteiger partial charge in [-0.05, 0) is 55.6 Å². The molecule has 0 aromatic carbocycles. The maximum atomic E-state index is 14.9. The second-order valence-corrected chi connectivity index (χ2v) is 12.0. The fourth-order valence-electron chi connectivity index (χ4n) is 8.15. The second kappa shape index (κ2) is 8.77. The third-order valence-corrected chi connectivity index (χ3v) is 10.8. The third-order valence-electron chi connectivity index (χ3n) is 9.84. The SMILES string of the molecule is CCCCC(=O)O[C@]1(C(=O)CO)[C@@H](C)C[C@H]2[C@@H]3CCC4=C(F)C(=O)C=C[C@]4(C)[C@@]3(Cl)[C@@H](O)C[C@@]21C. The van der Waals surface area contributed by atoms with Gasteiger partial charge in [-0.25, -0.2) is 4.39 Å². The van der Waals surface area contributed by atoms with Crippen molar-refractivity contribution in [2.45, 2.75) is 89.2 Å². The average molecular weight is 511 g/mol. The number of allylic oxidation sites excluding steroid dienone is 4. The van der Waals surface area contributed by atoms with Gasteiger partial charge in [0.05, 0.1) is 11.0 Å². The Bertz CT molecular complexity index is 1010. The first kappa shape index (κ1) is 26.5. The van der Waals surface area contributed by atoms with Gasteiger partial charge in [0.2, 0.25) is 11.6 Å². The van der Waals surface area contributed by atoms with E-state index < -0.39 is 63.3 Å². The van der Waals surface area contributed by atoms with Crippen LogP contribution in [0.1, 0.15) is 72.6 Å². The monoisotopic (exact) mass is 510 g/mol. The molecule has 4 aliphatic rings. The maximum absolute atomic E-state index is 14.9. The molecule has 0 saturated heterocycles. The molecule has 0 aliphatic heterocycles. The van der Waals surface area contributed by atoms with E-state index in [2.05, 4.69) is 0 Å². The summed E-state index contributed by atoms with van der Waals surface area (Å²) in [6.45, 7) is 6.65. The molecule has 0 bridgehead atoms. The van der Waals surface area contributed by atoms with Crippen molar-refractivity contribution in [3.8, 4) is 0 Å². The summed E-state index contributed by atoms with van der Waals surface area (Å²) in [4.78, 5) is 37.0. The number of carbonyl (C=O) groups excluding carboxylic acids is 3. The Labute approximate surface area is 210 Å². The lowest BCUT2D eigenvalue weighted by atomic mass is 9.45.